The molecule has 7 nitrogen and oxygen atoms in total. The number of hydrogen-bond acceptors (Lipinski definition) is 5. The molecule has 0 bridgehead atoms. The monoisotopic (exact) mass is 453 g/mol. The molecule has 4 rings (SSSR count). The lowest BCUT2D eigenvalue weighted by Crippen LogP contribution is -2.23. The summed E-state index contributed by atoms with van der Waals surface area (Å²) >= 11 is 7.84. The number of H-pyrrole nitrogens is 2. The number of rotatable bonds is 6. The number of hydrogen-bond donors (Lipinski definition) is 2. The van der Waals surface area contributed by atoms with Crippen LogP contribution in [0.15, 0.2) is 63.3 Å². The highest BCUT2D eigenvalue weighted by Crippen LogP contribution is 2.30. The van der Waals surface area contributed by atoms with Crippen LogP contribution in [-0.4, -0.2) is 24.7 Å². The molecule has 0 aliphatic carbocycles. The van der Waals surface area contributed by atoms with Crippen LogP contribution in [0.4, 0.5) is 0 Å². The maximum atomic E-state index is 11.7. The zero-order valence-electron chi connectivity index (χ0n) is 17.0. The number of halogens is 1. The SMILES string of the molecule is Cc1ccc(C)c(-n2c(Cc3cc(=O)[nH]c(=O)[nH]3)nnc2SCc2ccccc2Cl)c1. The van der Waals surface area contributed by atoms with Crippen LogP contribution in [0, 0.1) is 13.8 Å². The van der Waals surface area contributed by atoms with Crippen molar-refractivity contribution in [3.63, 3.8) is 0 Å². The van der Waals surface area contributed by atoms with Gasteiger partial charge in [-0.3, -0.25) is 14.3 Å². The van der Waals surface area contributed by atoms with E-state index in [0.717, 1.165) is 22.4 Å². The summed E-state index contributed by atoms with van der Waals surface area (Å²) in [5.74, 6) is 1.25. The third-order valence-electron chi connectivity index (χ3n) is 4.79. The van der Waals surface area contributed by atoms with Crippen molar-refractivity contribution in [3.8, 4) is 5.69 Å². The lowest BCUT2D eigenvalue weighted by Gasteiger charge is -2.14. The van der Waals surface area contributed by atoms with Crippen LogP contribution in [0.3, 0.4) is 0 Å². The molecule has 0 spiro atoms. The Kier molecular flexibility index (Phi) is 6.11. The van der Waals surface area contributed by atoms with Crippen LogP contribution in [0.5, 0.6) is 0 Å². The highest BCUT2D eigenvalue weighted by molar-refractivity contribution is 7.98. The molecule has 0 saturated carbocycles. The predicted molar refractivity (Wildman–Crippen MR) is 122 cm³/mol. The van der Waals surface area contributed by atoms with Gasteiger partial charge in [-0.15, -0.1) is 10.2 Å². The minimum atomic E-state index is -0.548. The smallest absolute Gasteiger partial charge is 0.311 e. The number of benzene rings is 2. The lowest BCUT2D eigenvalue weighted by molar-refractivity contribution is 0.823. The standard InChI is InChI=1S/C22H20ClN5O2S/c1-13-7-8-14(2)18(9-13)28-19(10-16-11-20(29)25-21(30)24-16)26-27-22(28)31-12-15-5-3-4-6-17(15)23/h3-9,11H,10,12H2,1-2H3,(H2,24,25,29,30). The van der Waals surface area contributed by atoms with Gasteiger partial charge in [-0.25, -0.2) is 4.79 Å². The summed E-state index contributed by atoms with van der Waals surface area (Å²) < 4.78 is 1.98. The third kappa shape index (κ3) is 4.81. The van der Waals surface area contributed by atoms with Gasteiger partial charge in [0.2, 0.25) is 0 Å². The third-order valence-corrected chi connectivity index (χ3v) is 6.13. The van der Waals surface area contributed by atoms with Crippen LogP contribution >= 0.6 is 23.4 Å². The van der Waals surface area contributed by atoms with Crippen molar-refractivity contribution in [1.82, 2.24) is 24.7 Å². The number of aromatic nitrogens is 5. The molecule has 158 valence electrons. The van der Waals surface area contributed by atoms with Crippen LogP contribution in [0.1, 0.15) is 28.2 Å². The van der Waals surface area contributed by atoms with E-state index in [9.17, 15) is 9.59 Å². The van der Waals surface area contributed by atoms with E-state index in [1.54, 1.807) is 0 Å². The quantitative estimate of drug-likeness (QED) is 0.433. The maximum absolute atomic E-state index is 11.7. The van der Waals surface area contributed by atoms with Gasteiger partial charge in [0.15, 0.2) is 5.16 Å². The van der Waals surface area contributed by atoms with E-state index >= 15 is 0 Å². The van der Waals surface area contributed by atoms with E-state index in [1.165, 1.54) is 17.8 Å². The van der Waals surface area contributed by atoms with Crippen molar-refractivity contribution >= 4 is 23.4 Å². The molecule has 0 amide bonds. The second-order valence-corrected chi connectivity index (χ2v) is 8.54. The van der Waals surface area contributed by atoms with E-state index in [2.05, 4.69) is 26.2 Å². The van der Waals surface area contributed by atoms with Crippen LogP contribution in [0.2, 0.25) is 5.02 Å². The second-order valence-electron chi connectivity index (χ2n) is 7.19. The number of thioether (sulfide) groups is 1. The molecule has 31 heavy (non-hydrogen) atoms. The summed E-state index contributed by atoms with van der Waals surface area (Å²) in [6.45, 7) is 4.05. The Balaban J connectivity index is 1.76. The molecular formula is C22H20ClN5O2S. The molecule has 0 unspecified atom stereocenters. The number of aryl methyl sites for hydroxylation is 2. The van der Waals surface area contributed by atoms with Crippen molar-refractivity contribution in [3.05, 3.63) is 103 Å². The van der Waals surface area contributed by atoms with Crippen LogP contribution in [0.25, 0.3) is 5.69 Å². The average Bonchev–Trinajstić information content (AvgIpc) is 3.10. The largest absolute Gasteiger partial charge is 0.325 e. The minimum Gasteiger partial charge on any atom is -0.311 e. The summed E-state index contributed by atoms with van der Waals surface area (Å²) in [5, 5.41) is 10.2. The lowest BCUT2D eigenvalue weighted by atomic mass is 10.1. The van der Waals surface area contributed by atoms with Crippen LogP contribution < -0.4 is 11.2 Å². The first kappa shape index (κ1) is 21.1. The maximum Gasteiger partial charge on any atom is 0.325 e. The molecule has 2 aromatic heterocycles. The summed E-state index contributed by atoms with van der Waals surface area (Å²) in [6, 6.07) is 15.2. The molecule has 9 heteroatoms. The van der Waals surface area contributed by atoms with Crippen LogP contribution in [-0.2, 0) is 12.2 Å². The molecule has 2 aromatic carbocycles. The molecule has 2 N–H and O–H groups in total. The molecule has 0 aliphatic heterocycles. The summed E-state index contributed by atoms with van der Waals surface area (Å²) in [4.78, 5) is 28.2. The van der Waals surface area contributed by atoms with Gasteiger partial charge in [0.1, 0.15) is 5.82 Å². The van der Waals surface area contributed by atoms with Gasteiger partial charge >= 0.3 is 5.69 Å². The molecule has 0 fully saturated rings. The van der Waals surface area contributed by atoms with E-state index in [0.29, 0.717) is 27.5 Å². The first-order valence-electron chi connectivity index (χ1n) is 9.61. The summed E-state index contributed by atoms with van der Waals surface area (Å²) in [6.07, 6.45) is 0.256. The van der Waals surface area contributed by atoms with Gasteiger partial charge in [-0.2, -0.15) is 0 Å². The minimum absolute atomic E-state index is 0.256. The first-order chi connectivity index (χ1) is 14.9. The average molecular weight is 454 g/mol. The molecule has 0 aliphatic rings. The molecular weight excluding hydrogens is 434 g/mol. The predicted octanol–water partition coefficient (Wildman–Crippen LogP) is 3.80. The van der Waals surface area contributed by atoms with E-state index < -0.39 is 11.2 Å². The fourth-order valence-corrected chi connectivity index (χ4v) is 4.50. The van der Waals surface area contributed by atoms with Gasteiger partial charge in [-0.05, 0) is 42.7 Å². The summed E-state index contributed by atoms with van der Waals surface area (Å²) in [5.41, 5.74) is 3.59. The van der Waals surface area contributed by atoms with Crippen molar-refractivity contribution in [2.75, 3.05) is 0 Å². The van der Waals surface area contributed by atoms with Gasteiger partial charge in [-0.1, -0.05) is 53.7 Å². The Morgan fingerprint density at radius 1 is 1.03 bits per heavy atom. The topological polar surface area (TPSA) is 96.4 Å². The summed E-state index contributed by atoms with van der Waals surface area (Å²) in [7, 11) is 0. The van der Waals surface area contributed by atoms with E-state index in [4.69, 9.17) is 11.6 Å². The van der Waals surface area contributed by atoms with E-state index in [-0.39, 0.29) is 6.42 Å². The second kappa shape index (κ2) is 8.95. The zero-order chi connectivity index (χ0) is 22.0. The van der Waals surface area contributed by atoms with Gasteiger partial charge in [0.25, 0.3) is 5.56 Å². The Labute approximate surface area is 187 Å². The Hall–Kier alpha value is -3.10. The zero-order valence-corrected chi connectivity index (χ0v) is 18.5. The Bertz CT molecular complexity index is 1330. The molecule has 2 heterocycles. The number of nitrogens with zero attached hydrogens (tertiary/aromatic N) is 3. The highest BCUT2D eigenvalue weighted by atomic mass is 35.5. The first-order valence-corrected chi connectivity index (χ1v) is 11.0. The van der Waals surface area contributed by atoms with Gasteiger partial charge < -0.3 is 4.98 Å². The number of aromatic amines is 2. The fourth-order valence-electron chi connectivity index (χ4n) is 3.25. The van der Waals surface area contributed by atoms with Crippen molar-refractivity contribution in [1.29, 1.82) is 0 Å². The molecule has 0 radical (unpaired) electrons. The van der Waals surface area contributed by atoms with Crippen molar-refractivity contribution in [2.45, 2.75) is 31.2 Å². The van der Waals surface area contributed by atoms with Crippen molar-refractivity contribution < 1.29 is 0 Å². The van der Waals surface area contributed by atoms with Gasteiger partial charge in [0.05, 0.1) is 5.69 Å². The van der Waals surface area contributed by atoms with Crippen molar-refractivity contribution in [2.24, 2.45) is 0 Å². The normalized spacial score (nSPS) is 11.1. The molecule has 4 aromatic rings. The number of nitrogens with one attached hydrogen (secondary N) is 2. The Morgan fingerprint density at radius 2 is 1.84 bits per heavy atom. The van der Waals surface area contributed by atoms with Gasteiger partial charge in [0, 0.05) is 29.0 Å². The molecule has 0 saturated heterocycles. The highest BCUT2D eigenvalue weighted by Gasteiger charge is 2.18. The Morgan fingerprint density at radius 3 is 2.61 bits per heavy atom. The molecule has 0 atom stereocenters. The fraction of sp³-hybridized carbons (Fsp3) is 0.182. The van der Waals surface area contributed by atoms with E-state index in [1.807, 2.05) is 54.8 Å².